The summed E-state index contributed by atoms with van der Waals surface area (Å²) in [5.74, 6) is 0. The van der Waals surface area contributed by atoms with Crippen LogP contribution in [-0.4, -0.2) is 9.68 Å². The van der Waals surface area contributed by atoms with Crippen molar-refractivity contribution < 1.29 is 51.4 Å². The molecule has 3 heteroatoms. The second-order valence-corrected chi connectivity index (χ2v) is 1.06. The fourth-order valence-corrected chi connectivity index (χ4v) is 0. The minimum absolute atomic E-state index is 0. The molecule has 0 atom stereocenters. The summed E-state index contributed by atoms with van der Waals surface area (Å²) in [5.41, 5.74) is 0. The maximum atomic E-state index is 6.35. The third-order valence-corrected chi connectivity index (χ3v) is 0. The van der Waals surface area contributed by atoms with E-state index in [4.69, 9.17) is 5.40 Å². The van der Waals surface area contributed by atoms with Gasteiger partial charge in [0.05, 0.1) is 0 Å². The average molecular weight is 99.2 g/mol. The van der Waals surface area contributed by atoms with Gasteiger partial charge >= 0.3 is 51.4 Å². The summed E-state index contributed by atoms with van der Waals surface area (Å²) < 4.78 is 0. The van der Waals surface area contributed by atoms with E-state index in [1.807, 2.05) is 6.55 Å². The number of hydrogen-bond donors (Lipinski definition) is 0. The molecule has 0 aromatic rings. The van der Waals surface area contributed by atoms with Crippen LogP contribution in [0.3, 0.4) is 0 Å². The van der Waals surface area contributed by atoms with Crippen LogP contribution in [-0.2, 0) is 0 Å². The molecular formula is CH6KNSi. The Morgan fingerprint density at radius 3 is 1.75 bits per heavy atom. The molecule has 0 radical (unpaired) electrons. The largest absolute Gasteiger partial charge is 1.00 e. The Morgan fingerprint density at radius 1 is 1.75 bits per heavy atom. The van der Waals surface area contributed by atoms with Gasteiger partial charge in [0.15, 0.2) is 0 Å². The Morgan fingerprint density at radius 2 is 1.75 bits per heavy atom. The van der Waals surface area contributed by atoms with Gasteiger partial charge in [-0.05, 0) is 0 Å². The summed E-state index contributed by atoms with van der Waals surface area (Å²) in [6.45, 7) is 1.93. The van der Waals surface area contributed by atoms with E-state index in [2.05, 4.69) is 0 Å². The van der Waals surface area contributed by atoms with Gasteiger partial charge in [-0.25, -0.2) is 0 Å². The molecule has 0 saturated heterocycles. The molecule has 0 heterocycles. The molecular weight excluding hydrogens is 93.2 g/mol. The van der Waals surface area contributed by atoms with Crippen LogP contribution < -0.4 is 51.4 Å². The van der Waals surface area contributed by atoms with Crippen molar-refractivity contribution in [1.82, 2.24) is 0 Å². The van der Waals surface area contributed by atoms with Crippen molar-refractivity contribution >= 4 is 9.68 Å². The smallest absolute Gasteiger partial charge is 0.685 e. The zero-order valence-electron chi connectivity index (χ0n) is 3.21. The molecule has 1 N–H and O–H groups in total. The summed E-state index contributed by atoms with van der Waals surface area (Å²) in [7, 11) is -0.333. The number of rotatable bonds is 0. The minimum Gasteiger partial charge on any atom is -0.685 e. The number of hydrogen-bond acceptors (Lipinski definition) is 0. The Labute approximate surface area is 71.7 Å². The van der Waals surface area contributed by atoms with E-state index < -0.39 is 0 Å². The van der Waals surface area contributed by atoms with Gasteiger partial charge in [-0.15, -0.1) is 0 Å². The minimum atomic E-state index is -0.333. The topological polar surface area (TPSA) is 23.8 Å². The van der Waals surface area contributed by atoms with E-state index in [1.54, 1.807) is 0 Å². The standard InChI is InChI=1S/CH6NSi.K/c1-3-2;/h2H,3H2,1H3;/q-1;+1. The Bertz CT molecular complexity index is 8.00. The van der Waals surface area contributed by atoms with Crippen molar-refractivity contribution in [2.45, 2.75) is 6.55 Å². The van der Waals surface area contributed by atoms with Gasteiger partial charge < -0.3 is 5.40 Å². The first kappa shape index (κ1) is 9.26. The first-order chi connectivity index (χ1) is 1.41. The van der Waals surface area contributed by atoms with Crippen LogP contribution in [0.15, 0.2) is 0 Å². The van der Waals surface area contributed by atoms with E-state index in [0.29, 0.717) is 0 Å². The van der Waals surface area contributed by atoms with Crippen molar-refractivity contribution in [2.75, 3.05) is 0 Å². The maximum Gasteiger partial charge on any atom is 1.00 e. The summed E-state index contributed by atoms with van der Waals surface area (Å²) >= 11 is 0. The molecule has 0 spiro atoms. The predicted molar refractivity (Wildman–Crippen MR) is 18.7 cm³/mol. The second kappa shape index (κ2) is 8.84. The van der Waals surface area contributed by atoms with Crippen LogP contribution in [0.4, 0.5) is 0 Å². The van der Waals surface area contributed by atoms with Gasteiger partial charge in [-0.2, -0.15) is 0 Å². The van der Waals surface area contributed by atoms with Crippen LogP contribution in [0.1, 0.15) is 0 Å². The zero-order chi connectivity index (χ0) is 2.71. The molecule has 1 nitrogen and oxygen atoms in total. The molecule has 0 aliphatic heterocycles. The molecule has 0 aromatic heterocycles. The molecule has 0 saturated carbocycles. The summed E-state index contributed by atoms with van der Waals surface area (Å²) in [4.78, 5) is 0. The maximum absolute atomic E-state index is 6.35. The normalized spacial score (nSPS) is 7.50. The van der Waals surface area contributed by atoms with Gasteiger partial charge in [0.1, 0.15) is 0 Å². The first-order valence-electron chi connectivity index (χ1n) is 1.06. The van der Waals surface area contributed by atoms with Gasteiger partial charge in [-0.3, -0.25) is 0 Å². The fraction of sp³-hybridized carbons (Fsp3) is 1.00. The van der Waals surface area contributed by atoms with Crippen LogP contribution in [0, 0.1) is 0 Å². The van der Waals surface area contributed by atoms with Crippen molar-refractivity contribution in [3.8, 4) is 0 Å². The molecule has 20 valence electrons. The van der Waals surface area contributed by atoms with Gasteiger partial charge in [0, 0.05) is 0 Å². The van der Waals surface area contributed by atoms with E-state index in [0.717, 1.165) is 0 Å². The SMILES string of the molecule is C[SiH2][NH-].[K+]. The van der Waals surface area contributed by atoms with Crippen LogP contribution in [0.25, 0.3) is 5.40 Å². The molecule has 0 amide bonds. The van der Waals surface area contributed by atoms with E-state index >= 15 is 0 Å². The van der Waals surface area contributed by atoms with E-state index in [1.165, 1.54) is 0 Å². The molecule has 0 aliphatic rings. The fourth-order valence-electron chi connectivity index (χ4n) is 0. The second-order valence-electron chi connectivity index (χ2n) is 0.354. The zero-order valence-corrected chi connectivity index (χ0v) is 7.74. The molecule has 0 fully saturated rings. The Hall–Kier alpha value is 1.81. The van der Waals surface area contributed by atoms with Crippen LogP contribution in [0.5, 0.6) is 0 Å². The third kappa shape index (κ3) is 9.18. The first-order valence-corrected chi connectivity index (χ1v) is 3.18. The molecule has 0 rings (SSSR count). The van der Waals surface area contributed by atoms with Crippen molar-refractivity contribution in [1.29, 1.82) is 0 Å². The van der Waals surface area contributed by atoms with E-state index in [-0.39, 0.29) is 61.1 Å². The van der Waals surface area contributed by atoms with Crippen molar-refractivity contribution in [3.05, 3.63) is 5.40 Å². The molecule has 4 heavy (non-hydrogen) atoms. The Kier molecular flexibility index (Phi) is 20.5. The summed E-state index contributed by atoms with van der Waals surface area (Å²) in [5, 5.41) is 6.35. The number of nitrogens with one attached hydrogen (secondary N) is 1. The third-order valence-electron chi connectivity index (χ3n) is 0. The molecule has 0 unspecified atom stereocenters. The molecule has 0 aromatic carbocycles. The van der Waals surface area contributed by atoms with Gasteiger partial charge in [-0.1, -0.05) is 16.2 Å². The van der Waals surface area contributed by atoms with Gasteiger partial charge in [0.2, 0.25) is 0 Å². The van der Waals surface area contributed by atoms with Crippen molar-refractivity contribution in [2.24, 2.45) is 0 Å². The van der Waals surface area contributed by atoms with Crippen LogP contribution >= 0.6 is 0 Å². The summed E-state index contributed by atoms with van der Waals surface area (Å²) in [6, 6.07) is 0. The Balaban J connectivity index is 0. The van der Waals surface area contributed by atoms with Crippen LogP contribution in [0.2, 0.25) is 6.55 Å². The van der Waals surface area contributed by atoms with Gasteiger partial charge in [0.25, 0.3) is 0 Å². The quantitative estimate of drug-likeness (QED) is 0.292. The predicted octanol–water partition coefficient (Wildman–Crippen LogP) is -2.83. The summed E-state index contributed by atoms with van der Waals surface area (Å²) in [6.07, 6.45) is 0. The average Bonchev–Trinajstić information content (AvgIpc) is 0.918. The monoisotopic (exact) mass is 99.0 g/mol. The molecule has 0 bridgehead atoms. The van der Waals surface area contributed by atoms with Crippen molar-refractivity contribution in [3.63, 3.8) is 0 Å². The van der Waals surface area contributed by atoms with E-state index in [9.17, 15) is 0 Å². The molecule has 0 aliphatic carbocycles.